The lowest BCUT2D eigenvalue weighted by Crippen LogP contribution is -2.46. The van der Waals surface area contributed by atoms with Crippen molar-refractivity contribution in [1.29, 1.82) is 0 Å². The van der Waals surface area contributed by atoms with E-state index in [1.165, 1.54) is 11.1 Å². The third kappa shape index (κ3) is 5.41. The van der Waals surface area contributed by atoms with Crippen molar-refractivity contribution in [2.24, 2.45) is 0 Å². The Balaban J connectivity index is 1.17. The summed E-state index contributed by atoms with van der Waals surface area (Å²) in [6, 6.07) is 28.4. The number of hydrogen-bond acceptors (Lipinski definition) is 5. The van der Waals surface area contributed by atoms with E-state index in [0.29, 0.717) is 12.2 Å². The molecule has 1 fully saturated rings. The fraction of sp³-hybridized carbons (Fsp3) is 0.250. The molecule has 3 heterocycles. The van der Waals surface area contributed by atoms with E-state index in [-0.39, 0.29) is 5.91 Å². The highest BCUT2D eigenvalue weighted by Gasteiger charge is 2.18. The highest BCUT2D eigenvalue weighted by molar-refractivity contribution is 5.94. The summed E-state index contributed by atoms with van der Waals surface area (Å²) in [6.45, 7) is 5.47. The molecule has 0 radical (unpaired) electrons. The molecule has 1 N–H and O–H groups in total. The minimum Gasteiger partial charge on any atom is -0.354 e. The van der Waals surface area contributed by atoms with E-state index in [1.807, 2.05) is 36.4 Å². The number of amides is 1. The van der Waals surface area contributed by atoms with Gasteiger partial charge in [-0.25, -0.2) is 9.97 Å². The highest BCUT2D eigenvalue weighted by atomic mass is 16.1. The van der Waals surface area contributed by atoms with Crippen LogP contribution < -0.4 is 10.2 Å². The summed E-state index contributed by atoms with van der Waals surface area (Å²) in [5.74, 6) is 0.810. The second-order valence-electron chi connectivity index (χ2n) is 8.64. The fourth-order valence-corrected chi connectivity index (χ4v) is 4.33. The molecule has 0 spiro atoms. The molecule has 2 aromatic heterocycles. The molecule has 4 aromatic rings. The average Bonchev–Trinajstić information content (AvgIpc) is 2.90. The maximum Gasteiger partial charge on any atom is 0.269 e. The molecule has 1 saturated heterocycles. The highest BCUT2D eigenvalue weighted by Crippen LogP contribution is 2.19. The van der Waals surface area contributed by atoms with Crippen LogP contribution in [0.5, 0.6) is 0 Å². The average molecular weight is 452 g/mol. The van der Waals surface area contributed by atoms with E-state index in [0.717, 1.165) is 56.0 Å². The second kappa shape index (κ2) is 10.4. The summed E-state index contributed by atoms with van der Waals surface area (Å²) in [6.07, 6.45) is 0.795. The van der Waals surface area contributed by atoms with Crippen LogP contribution in [0.2, 0.25) is 0 Å². The van der Waals surface area contributed by atoms with Crippen LogP contribution in [0.1, 0.15) is 21.6 Å². The minimum atomic E-state index is -0.156. The third-order valence-corrected chi connectivity index (χ3v) is 6.25. The SMILES string of the molecule is O=C(NCCc1ccccc1)c1ccc2nc(N3CCN(Cc4ccccc4)CC3)ccc2n1. The molecule has 1 aliphatic rings. The summed E-state index contributed by atoms with van der Waals surface area (Å²) < 4.78 is 0. The Morgan fingerprint density at radius 2 is 1.38 bits per heavy atom. The molecular formula is C28H29N5O. The van der Waals surface area contributed by atoms with Crippen LogP contribution in [0.4, 0.5) is 5.82 Å². The predicted molar refractivity (Wildman–Crippen MR) is 136 cm³/mol. The first kappa shape index (κ1) is 22.0. The van der Waals surface area contributed by atoms with Crippen LogP contribution in [-0.2, 0) is 13.0 Å². The van der Waals surface area contributed by atoms with Gasteiger partial charge in [0.25, 0.3) is 5.91 Å². The zero-order valence-corrected chi connectivity index (χ0v) is 19.2. The zero-order chi connectivity index (χ0) is 23.2. The molecule has 0 aliphatic carbocycles. The molecule has 34 heavy (non-hydrogen) atoms. The number of nitrogens with zero attached hydrogens (tertiary/aromatic N) is 4. The number of carbonyl (C=O) groups is 1. The van der Waals surface area contributed by atoms with Crippen LogP contribution in [0.15, 0.2) is 84.9 Å². The molecule has 1 aliphatic heterocycles. The maximum atomic E-state index is 12.5. The molecule has 6 heteroatoms. The third-order valence-electron chi connectivity index (χ3n) is 6.25. The smallest absolute Gasteiger partial charge is 0.269 e. The van der Waals surface area contributed by atoms with Crippen molar-refractivity contribution < 1.29 is 4.79 Å². The Morgan fingerprint density at radius 1 is 0.735 bits per heavy atom. The van der Waals surface area contributed by atoms with Gasteiger partial charge in [0.1, 0.15) is 11.5 Å². The number of anilines is 1. The Kier molecular flexibility index (Phi) is 6.77. The number of fused-ring (bicyclic) bond motifs is 1. The molecule has 1 amide bonds. The summed E-state index contributed by atoms with van der Waals surface area (Å²) in [4.78, 5) is 26.7. The summed E-state index contributed by atoms with van der Waals surface area (Å²) in [7, 11) is 0. The molecule has 0 atom stereocenters. The van der Waals surface area contributed by atoms with Crippen LogP contribution in [0.3, 0.4) is 0 Å². The quantitative estimate of drug-likeness (QED) is 0.461. The van der Waals surface area contributed by atoms with Crippen molar-refractivity contribution >= 4 is 22.8 Å². The molecule has 6 nitrogen and oxygen atoms in total. The Morgan fingerprint density at radius 3 is 2.12 bits per heavy atom. The van der Waals surface area contributed by atoms with Crippen LogP contribution in [0.25, 0.3) is 11.0 Å². The molecule has 0 saturated carbocycles. The van der Waals surface area contributed by atoms with Gasteiger partial charge < -0.3 is 10.2 Å². The molecule has 0 unspecified atom stereocenters. The number of pyridine rings is 2. The van der Waals surface area contributed by atoms with Crippen molar-refractivity contribution in [1.82, 2.24) is 20.2 Å². The van der Waals surface area contributed by atoms with E-state index in [4.69, 9.17) is 4.98 Å². The van der Waals surface area contributed by atoms with Gasteiger partial charge in [0.2, 0.25) is 0 Å². The van der Waals surface area contributed by atoms with Gasteiger partial charge in [-0.15, -0.1) is 0 Å². The predicted octanol–water partition coefficient (Wildman–Crippen LogP) is 3.92. The number of rotatable bonds is 7. The van der Waals surface area contributed by atoms with E-state index in [2.05, 4.69) is 62.6 Å². The first-order valence-corrected chi connectivity index (χ1v) is 11.9. The first-order valence-electron chi connectivity index (χ1n) is 11.9. The minimum absolute atomic E-state index is 0.156. The van der Waals surface area contributed by atoms with Crippen molar-refractivity contribution in [3.63, 3.8) is 0 Å². The van der Waals surface area contributed by atoms with Gasteiger partial charge in [0, 0.05) is 39.3 Å². The summed E-state index contributed by atoms with van der Waals surface area (Å²) in [5, 5.41) is 2.96. The first-order chi connectivity index (χ1) is 16.7. The van der Waals surface area contributed by atoms with Crippen LogP contribution in [0, 0.1) is 0 Å². The van der Waals surface area contributed by atoms with Crippen molar-refractivity contribution in [3.05, 3.63) is 102 Å². The van der Waals surface area contributed by atoms with E-state index >= 15 is 0 Å². The summed E-state index contributed by atoms with van der Waals surface area (Å²) >= 11 is 0. The summed E-state index contributed by atoms with van der Waals surface area (Å²) in [5.41, 5.74) is 4.52. The Hall–Kier alpha value is -3.77. The normalized spacial score (nSPS) is 14.3. The lowest BCUT2D eigenvalue weighted by molar-refractivity contribution is 0.0949. The van der Waals surface area contributed by atoms with Gasteiger partial charge in [-0.2, -0.15) is 0 Å². The van der Waals surface area contributed by atoms with E-state index in [9.17, 15) is 4.79 Å². The Labute approximate surface area is 200 Å². The standard InChI is InChI=1S/C28H29N5O/c34-28(29-16-15-22-7-3-1-4-8-22)26-12-11-25-24(30-26)13-14-27(31-25)33-19-17-32(18-20-33)21-23-9-5-2-6-10-23/h1-14H,15-21H2,(H,29,34). The van der Waals surface area contributed by atoms with Crippen LogP contribution >= 0.6 is 0 Å². The van der Waals surface area contributed by atoms with Crippen LogP contribution in [-0.4, -0.2) is 53.5 Å². The second-order valence-corrected chi connectivity index (χ2v) is 8.64. The van der Waals surface area contributed by atoms with Gasteiger partial charge >= 0.3 is 0 Å². The number of hydrogen-bond donors (Lipinski definition) is 1. The van der Waals surface area contributed by atoms with E-state index in [1.54, 1.807) is 6.07 Å². The van der Waals surface area contributed by atoms with Gasteiger partial charge in [0.05, 0.1) is 11.0 Å². The number of carbonyl (C=O) groups excluding carboxylic acids is 1. The molecule has 2 aromatic carbocycles. The monoisotopic (exact) mass is 451 g/mol. The number of benzene rings is 2. The molecule has 5 rings (SSSR count). The number of piperazine rings is 1. The number of aromatic nitrogens is 2. The van der Waals surface area contributed by atoms with Crippen molar-refractivity contribution in [2.45, 2.75) is 13.0 Å². The lowest BCUT2D eigenvalue weighted by atomic mass is 10.1. The van der Waals surface area contributed by atoms with Gasteiger partial charge in [0.15, 0.2) is 0 Å². The van der Waals surface area contributed by atoms with E-state index < -0.39 is 0 Å². The topological polar surface area (TPSA) is 61.4 Å². The Bertz CT molecular complexity index is 1240. The van der Waals surface area contributed by atoms with Gasteiger partial charge in [-0.3, -0.25) is 9.69 Å². The van der Waals surface area contributed by atoms with Gasteiger partial charge in [-0.1, -0.05) is 60.7 Å². The molecule has 172 valence electrons. The fourth-order valence-electron chi connectivity index (χ4n) is 4.33. The molecular weight excluding hydrogens is 422 g/mol. The lowest BCUT2D eigenvalue weighted by Gasteiger charge is -2.35. The largest absolute Gasteiger partial charge is 0.354 e. The van der Waals surface area contributed by atoms with Gasteiger partial charge in [-0.05, 0) is 41.8 Å². The van der Waals surface area contributed by atoms with Crippen molar-refractivity contribution in [3.8, 4) is 0 Å². The number of nitrogens with one attached hydrogen (secondary N) is 1. The zero-order valence-electron chi connectivity index (χ0n) is 19.2. The maximum absolute atomic E-state index is 12.5. The van der Waals surface area contributed by atoms with Crippen molar-refractivity contribution in [2.75, 3.05) is 37.6 Å². The molecule has 0 bridgehead atoms.